The Kier molecular flexibility index (Phi) is 5.09. The average Bonchev–Trinajstić information content (AvgIpc) is 3.00. The van der Waals surface area contributed by atoms with E-state index in [1.807, 2.05) is 12.1 Å². The first-order valence-electron chi connectivity index (χ1n) is 9.25. The van der Waals surface area contributed by atoms with Crippen LogP contribution in [0.15, 0.2) is 30.5 Å². The number of nitrogens with zero attached hydrogens (tertiary/aromatic N) is 2. The lowest BCUT2D eigenvalue weighted by atomic mass is 9.88. The van der Waals surface area contributed by atoms with E-state index in [4.69, 9.17) is 4.98 Å². The molecule has 0 bridgehead atoms. The van der Waals surface area contributed by atoms with Crippen molar-refractivity contribution >= 4 is 0 Å². The van der Waals surface area contributed by atoms with Crippen molar-refractivity contribution in [2.24, 2.45) is 5.92 Å². The van der Waals surface area contributed by atoms with Gasteiger partial charge < -0.3 is 9.67 Å². The molecule has 1 heterocycles. The lowest BCUT2D eigenvalue weighted by molar-refractivity contribution is 0.282. The van der Waals surface area contributed by atoms with Crippen LogP contribution < -0.4 is 0 Å². The number of aliphatic hydroxyl groups is 1. The molecule has 1 aliphatic rings. The number of rotatable bonds is 4. The lowest BCUT2D eigenvalue weighted by Crippen LogP contribution is -2.22. The summed E-state index contributed by atoms with van der Waals surface area (Å²) in [5.74, 6) is 1.97. The number of benzene rings is 1. The first kappa shape index (κ1) is 17.2. The van der Waals surface area contributed by atoms with Gasteiger partial charge in [0.15, 0.2) is 0 Å². The molecule has 0 unspecified atom stereocenters. The molecule has 0 spiro atoms. The van der Waals surface area contributed by atoms with Crippen LogP contribution in [-0.4, -0.2) is 14.7 Å². The number of hydrogen-bond acceptors (Lipinski definition) is 2. The van der Waals surface area contributed by atoms with E-state index in [2.05, 4.69) is 43.7 Å². The monoisotopic (exact) mass is 326 g/mol. The van der Waals surface area contributed by atoms with Crippen LogP contribution in [0.2, 0.25) is 0 Å². The third kappa shape index (κ3) is 3.89. The van der Waals surface area contributed by atoms with Crippen LogP contribution in [0.1, 0.15) is 64.3 Å². The summed E-state index contributed by atoms with van der Waals surface area (Å²) in [5.41, 5.74) is 3.15. The molecule has 0 amide bonds. The highest BCUT2D eigenvalue weighted by atomic mass is 16.3. The van der Waals surface area contributed by atoms with Gasteiger partial charge in [0.05, 0.1) is 12.3 Å². The molecule has 0 saturated heterocycles. The predicted octanol–water partition coefficient (Wildman–Crippen LogP) is 4.92. The third-order valence-corrected chi connectivity index (χ3v) is 5.06. The molecule has 3 nitrogen and oxygen atoms in total. The van der Waals surface area contributed by atoms with E-state index in [1.165, 1.54) is 37.9 Å². The summed E-state index contributed by atoms with van der Waals surface area (Å²) in [6, 6.07) is 8.08. The Bertz CT molecular complexity index is 658. The Labute approximate surface area is 145 Å². The first-order chi connectivity index (χ1) is 11.5. The second kappa shape index (κ2) is 7.10. The van der Waals surface area contributed by atoms with Gasteiger partial charge in [0.2, 0.25) is 0 Å². The van der Waals surface area contributed by atoms with Crippen LogP contribution in [0.4, 0.5) is 0 Å². The van der Waals surface area contributed by atoms with Gasteiger partial charge in [0.25, 0.3) is 0 Å². The summed E-state index contributed by atoms with van der Waals surface area (Å²) < 4.78 is 2.39. The van der Waals surface area contributed by atoms with Crippen molar-refractivity contribution in [3.63, 3.8) is 0 Å². The number of imidazole rings is 1. The fourth-order valence-electron chi connectivity index (χ4n) is 3.72. The molecule has 1 saturated carbocycles. The van der Waals surface area contributed by atoms with Crippen molar-refractivity contribution in [2.45, 2.75) is 71.4 Å². The van der Waals surface area contributed by atoms with Crippen LogP contribution in [0.5, 0.6) is 0 Å². The molecule has 24 heavy (non-hydrogen) atoms. The fourth-order valence-corrected chi connectivity index (χ4v) is 3.72. The van der Waals surface area contributed by atoms with E-state index < -0.39 is 0 Å². The maximum atomic E-state index is 9.22. The quantitative estimate of drug-likeness (QED) is 0.866. The summed E-state index contributed by atoms with van der Waals surface area (Å²) >= 11 is 0. The highest BCUT2D eigenvalue weighted by Gasteiger charge is 2.24. The van der Waals surface area contributed by atoms with Crippen molar-refractivity contribution in [3.05, 3.63) is 41.9 Å². The van der Waals surface area contributed by atoms with Gasteiger partial charge in [-0.3, -0.25) is 0 Å². The standard InChI is InChI=1S/C21H30N2O/c1-21(2,3)20-22-19(18-11-9-17(15-24)10-12-18)14-23(20)13-16-7-5-4-6-8-16/h9-12,14,16,24H,4-8,13,15H2,1-3H3. The third-order valence-electron chi connectivity index (χ3n) is 5.06. The van der Waals surface area contributed by atoms with Gasteiger partial charge in [-0.15, -0.1) is 0 Å². The molecule has 0 radical (unpaired) electrons. The van der Waals surface area contributed by atoms with Crippen LogP contribution in [0.3, 0.4) is 0 Å². The zero-order chi connectivity index (χ0) is 17.2. The largest absolute Gasteiger partial charge is 0.392 e. The van der Waals surface area contributed by atoms with Crippen LogP contribution in [-0.2, 0) is 18.6 Å². The van der Waals surface area contributed by atoms with Gasteiger partial charge in [-0.2, -0.15) is 0 Å². The highest BCUT2D eigenvalue weighted by Crippen LogP contribution is 2.30. The minimum absolute atomic E-state index is 0.0396. The van der Waals surface area contributed by atoms with Gasteiger partial charge in [0, 0.05) is 23.7 Å². The maximum Gasteiger partial charge on any atom is 0.114 e. The SMILES string of the molecule is CC(C)(C)c1nc(-c2ccc(CO)cc2)cn1CC1CCCCC1. The molecule has 1 aliphatic carbocycles. The topological polar surface area (TPSA) is 38.1 Å². The Morgan fingerprint density at radius 2 is 1.75 bits per heavy atom. The first-order valence-corrected chi connectivity index (χ1v) is 9.25. The van der Waals surface area contributed by atoms with E-state index in [0.29, 0.717) is 0 Å². The predicted molar refractivity (Wildman–Crippen MR) is 98.9 cm³/mol. The zero-order valence-corrected chi connectivity index (χ0v) is 15.3. The maximum absolute atomic E-state index is 9.22. The molecule has 130 valence electrons. The van der Waals surface area contributed by atoms with Crippen molar-refractivity contribution in [1.29, 1.82) is 0 Å². The van der Waals surface area contributed by atoms with Crippen molar-refractivity contribution < 1.29 is 5.11 Å². The Hall–Kier alpha value is -1.61. The van der Waals surface area contributed by atoms with E-state index in [1.54, 1.807) is 0 Å². The van der Waals surface area contributed by atoms with Gasteiger partial charge in [-0.1, -0.05) is 64.3 Å². The zero-order valence-electron chi connectivity index (χ0n) is 15.3. The molecule has 0 aliphatic heterocycles. The molecule has 1 aromatic heterocycles. The molecular weight excluding hydrogens is 296 g/mol. The van der Waals surface area contributed by atoms with Gasteiger partial charge >= 0.3 is 0 Å². The number of aromatic nitrogens is 2. The van der Waals surface area contributed by atoms with E-state index in [0.717, 1.165) is 29.3 Å². The van der Waals surface area contributed by atoms with Crippen molar-refractivity contribution in [2.75, 3.05) is 0 Å². The van der Waals surface area contributed by atoms with E-state index >= 15 is 0 Å². The molecule has 3 heteroatoms. The molecule has 1 N–H and O–H groups in total. The average molecular weight is 326 g/mol. The van der Waals surface area contributed by atoms with Gasteiger partial charge in [0.1, 0.15) is 5.82 Å². The summed E-state index contributed by atoms with van der Waals surface area (Å²) in [7, 11) is 0. The number of aliphatic hydroxyl groups excluding tert-OH is 1. The van der Waals surface area contributed by atoms with Crippen LogP contribution >= 0.6 is 0 Å². The molecule has 0 atom stereocenters. The molecular formula is C21H30N2O. The molecule has 2 aromatic rings. The summed E-state index contributed by atoms with van der Waals surface area (Å²) in [6.45, 7) is 7.90. The second-order valence-electron chi connectivity index (χ2n) is 8.21. The van der Waals surface area contributed by atoms with Crippen molar-refractivity contribution in [1.82, 2.24) is 9.55 Å². The molecule has 1 aromatic carbocycles. The lowest BCUT2D eigenvalue weighted by Gasteiger charge is -2.25. The molecule has 1 fully saturated rings. The second-order valence-corrected chi connectivity index (χ2v) is 8.21. The minimum Gasteiger partial charge on any atom is -0.392 e. The molecule has 3 rings (SSSR count). The minimum atomic E-state index is 0.0396. The van der Waals surface area contributed by atoms with Gasteiger partial charge in [-0.05, 0) is 24.3 Å². The van der Waals surface area contributed by atoms with Crippen LogP contribution in [0.25, 0.3) is 11.3 Å². The Morgan fingerprint density at radius 3 is 2.33 bits per heavy atom. The normalized spacial score (nSPS) is 16.5. The van der Waals surface area contributed by atoms with Crippen LogP contribution in [0, 0.1) is 5.92 Å². The Balaban J connectivity index is 1.90. The van der Waals surface area contributed by atoms with Crippen molar-refractivity contribution in [3.8, 4) is 11.3 Å². The highest BCUT2D eigenvalue weighted by molar-refractivity contribution is 5.59. The van der Waals surface area contributed by atoms with E-state index in [9.17, 15) is 5.11 Å². The fraction of sp³-hybridized carbons (Fsp3) is 0.571. The smallest absolute Gasteiger partial charge is 0.114 e. The summed E-state index contributed by atoms with van der Waals surface area (Å²) in [4.78, 5) is 4.97. The van der Waals surface area contributed by atoms with E-state index in [-0.39, 0.29) is 12.0 Å². The number of hydrogen-bond donors (Lipinski definition) is 1. The summed E-state index contributed by atoms with van der Waals surface area (Å²) in [6.07, 6.45) is 9.07. The Morgan fingerprint density at radius 1 is 1.08 bits per heavy atom. The van der Waals surface area contributed by atoms with Gasteiger partial charge in [-0.25, -0.2) is 4.98 Å². The summed E-state index contributed by atoms with van der Waals surface area (Å²) in [5, 5.41) is 9.22.